The molecule has 3 aromatic rings. The molecule has 1 aliphatic heterocycles. The third kappa shape index (κ3) is 7.90. The minimum Gasteiger partial charge on any atom is -0.360 e. The lowest BCUT2D eigenvalue weighted by molar-refractivity contribution is -0.134. The predicted molar refractivity (Wildman–Crippen MR) is 146 cm³/mol. The molecule has 4 rings (SSSR count). The molecular weight excluding hydrogens is 510 g/mol. The average molecular weight is 538 g/mol. The van der Waals surface area contributed by atoms with Crippen molar-refractivity contribution < 1.29 is 14.4 Å². The molecule has 0 saturated carbocycles. The van der Waals surface area contributed by atoms with Crippen LogP contribution in [0.15, 0.2) is 72.3 Å². The summed E-state index contributed by atoms with van der Waals surface area (Å²) in [7, 11) is 0. The number of hydrogen-bond acceptors (Lipinski definition) is 6. The molecule has 0 spiro atoms. The molecule has 0 unspecified atom stereocenters. The SMILES string of the molecule is O=C(C=Cc1ccc(Cl)cc1)N[C@@H](Cc1ccccn1)C(=O)NCC(=O)N1CCN(c2cccs2)CC1. The van der Waals surface area contributed by atoms with Crippen molar-refractivity contribution >= 4 is 51.7 Å². The zero-order chi connectivity index (χ0) is 26.0. The number of pyridine rings is 1. The Morgan fingerprint density at radius 3 is 2.49 bits per heavy atom. The fourth-order valence-electron chi connectivity index (χ4n) is 3.93. The number of aromatic nitrogens is 1. The van der Waals surface area contributed by atoms with Gasteiger partial charge in [0.1, 0.15) is 6.04 Å². The first-order chi connectivity index (χ1) is 18.0. The highest BCUT2D eigenvalue weighted by atomic mass is 35.5. The van der Waals surface area contributed by atoms with Crippen molar-refractivity contribution in [3.8, 4) is 0 Å². The molecule has 1 atom stereocenters. The number of carbonyl (C=O) groups is 3. The topological polar surface area (TPSA) is 94.6 Å². The molecule has 3 amide bonds. The summed E-state index contributed by atoms with van der Waals surface area (Å²) in [6.45, 7) is 2.55. The highest BCUT2D eigenvalue weighted by Gasteiger charge is 2.25. The molecule has 10 heteroatoms. The number of nitrogens with zero attached hydrogens (tertiary/aromatic N) is 3. The van der Waals surface area contributed by atoms with Crippen LogP contribution in [-0.2, 0) is 20.8 Å². The van der Waals surface area contributed by atoms with Gasteiger partial charge in [0.25, 0.3) is 0 Å². The first kappa shape index (κ1) is 26.4. The average Bonchev–Trinajstić information content (AvgIpc) is 3.47. The molecule has 1 saturated heterocycles. The first-order valence-corrected chi connectivity index (χ1v) is 13.2. The lowest BCUT2D eigenvalue weighted by Crippen LogP contribution is -2.53. The molecule has 37 heavy (non-hydrogen) atoms. The molecule has 0 radical (unpaired) electrons. The Labute approximate surface area is 224 Å². The van der Waals surface area contributed by atoms with E-state index in [2.05, 4.69) is 26.6 Å². The van der Waals surface area contributed by atoms with Crippen LogP contribution in [0.2, 0.25) is 5.02 Å². The Kier molecular flexibility index (Phi) is 9.29. The Morgan fingerprint density at radius 2 is 1.81 bits per heavy atom. The van der Waals surface area contributed by atoms with Crippen LogP contribution in [0, 0.1) is 0 Å². The van der Waals surface area contributed by atoms with E-state index in [1.165, 1.54) is 11.1 Å². The van der Waals surface area contributed by atoms with Gasteiger partial charge < -0.3 is 20.4 Å². The van der Waals surface area contributed by atoms with Gasteiger partial charge in [0, 0.05) is 55.6 Å². The van der Waals surface area contributed by atoms with Crippen LogP contribution in [0.3, 0.4) is 0 Å². The zero-order valence-corrected chi connectivity index (χ0v) is 21.8. The second kappa shape index (κ2) is 13.0. The summed E-state index contributed by atoms with van der Waals surface area (Å²) < 4.78 is 0. The highest BCUT2D eigenvalue weighted by Crippen LogP contribution is 2.22. The molecule has 0 aliphatic carbocycles. The van der Waals surface area contributed by atoms with Crippen LogP contribution in [0.5, 0.6) is 0 Å². The maximum absolute atomic E-state index is 13.0. The minimum atomic E-state index is -0.888. The number of carbonyl (C=O) groups excluding carboxylic acids is 3. The van der Waals surface area contributed by atoms with E-state index >= 15 is 0 Å². The Hall–Kier alpha value is -3.69. The van der Waals surface area contributed by atoms with Crippen LogP contribution in [0.1, 0.15) is 11.3 Å². The Balaban J connectivity index is 1.32. The van der Waals surface area contributed by atoms with Crippen molar-refractivity contribution in [2.45, 2.75) is 12.5 Å². The maximum Gasteiger partial charge on any atom is 0.244 e. The van der Waals surface area contributed by atoms with Gasteiger partial charge in [-0.25, -0.2) is 0 Å². The number of piperazine rings is 1. The van der Waals surface area contributed by atoms with Gasteiger partial charge in [0.05, 0.1) is 11.5 Å². The highest BCUT2D eigenvalue weighted by molar-refractivity contribution is 7.14. The maximum atomic E-state index is 13.0. The molecule has 0 bridgehead atoms. The molecule has 8 nitrogen and oxygen atoms in total. The van der Waals surface area contributed by atoms with Crippen LogP contribution >= 0.6 is 22.9 Å². The summed E-state index contributed by atoms with van der Waals surface area (Å²) in [4.78, 5) is 46.7. The minimum absolute atomic E-state index is 0.132. The number of benzene rings is 1. The van der Waals surface area contributed by atoms with Crippen LogP contribution < -0.4 is 15.5 Å². The fraction of sp³-hybridized carbons (Fsp3) is 0.259. The second-order valence-corrected chi connectivity index (χ2v) is 9.87. The predicted octanol–water partition coefficient (Wildman–Crippen LogP) is 3.00. The van der Waals surface area contributed by atoms with Crippen molar-refractivity contribution in [3.63, 3.8) is 0 Å². The van der Waals surface area contributed by atoms with E-state index in [4.69, 9.17) is 11.6 Å². The van der Waals surface area contributed by atoms with Gasteiger partial charge in [0.15, 0.2) is 0 Å². The molecule has 1 aliphatic rings. The van der Waals surface area contributed by atoms with Crippen molar-refractivity contribution in [1.82, 2.24) is 20.5 Å². The monoisotopic (exact) mass is 537 g/mol. The summed E-state index contributed by atoms with van der Waals surface area (Å²) in [5, 5.41) is 9.27. The number of nitrogens with one attached hydrogen (secondary N) is 2. The van der Waals surface area contributed by atoms with E-state index in [1.54, 1.807) is 64.9 Å². The number of hydrogen-bond donors (Lipinski definition) is 2. The van der Waals surface area contributed by atoms with Crippen LogP contribution in [-0.4, -0.2) is 66.4 Å². The van der Waals surface area contributed by atoms with Crippen molar-refractivity contribution in [2.24, 2.45) is 0 Å². The van der Waals surface area contributed by atoms with E-state index in [-0.39, 0.29) is 18.9 Å². The second-order valence-electron chi connectivity index (χ2n) is 8.51. The smallest absolute Gasteiger partial charge is 0.244 e. The quantitative estimate of drug-likeness (QED) is 0.409. The van der Waals surface area contributed by atoms with Gasteiger partial charge in [-0.1, -0.05) is 29.8 Å². The molecule has 2 aromatic heterocycles. The standard InChI is InChI=1S/C27H28ClN5O3S/c28-21-9-6-20(7-10-21)8-11-24(34)31-23(18-22-4-1-2-12-29-22)27(36)30-19-25(35)32-13-15-33(16-14-32)26-5-3-17-37-26/h1-12,17,23H,13-16,18-19H2,(H,30,36)(H,31,34)/t23-/m0/s1. The lowest BCUT2D eigenvalue weighted by Gasteiger charge is -2.35. The normalized spacial score (nSPS) is 14.4. The van der Waals surface area contributed by atoms with Gasteiger partial charge in [-0.15, -0.1) is 11.3 Å². The lowest BCUT2D eigenvalue weighted by atomic mass is 10.1. The van der Waals surface area contributed by atoms with Gasteiger partial charge >= 0.3 is 0 Å². The summed E-state index contributed by atoms with van der Waals surface area (Å²) in [6.07, 6.45) is 4.83. The molecule has 1 fully saturated rings. The molecular formula is C27H28ClN5O3S. The van der Waals surface area contributed by atoms with E-state index < -0.39 is 17.9 Å². The van der Waals surface area contributed by atoms with Gasteiger partial charge in [-0.3, -0.25) is 19.4 Å². The fourth-order valence-corrected chi connectivity index (χ4v) is 4.84. The largest absolute Gasteiger partial charge is 0.360 e. The van der Waals surface area contributed by atoms with Crippen LogP contribution in [0.4, 0.5) is 5.00 Å². The van der Waals surface area contributed by atoms with Crippen molar-refractivity contribution in [3.05, 3.63) is 88.5 Å². The molecule has 1 aromatic carbocycles. The third-order valence-electron chi connectivity index (χ3n) is 5.93. The molecule has 192 valence electrons. The summed E-state index contributed by atoms with van der Waals surface area (Å²) in [5.41, 5.74) is 1.45. The number of thiophene rings is 1. The van der Waals surface area contributed by atoms with Gasteiger partial charge in [-0.2, -0.15) is 0 Å². The van der Waals surface area contributed by atoms with Gasteiger partial charge in [-0.05, 0) is 53.4 Å². The first-order valence-electron chi connectivity index (χ1n) is 12.0. The number of rotatable bonds is 9. The number of amides is 3. The molecule has 2 N–H and O–H groups in total. The van der Waals surface area contributed by atoms with E-state index in [9.17, 15) is 14.4 Å². The number of halogens is 1. The molecule has 3 heterocycles. The Bertz CT molecular complexity index is 1210. The third-order valence-corrected chi connectivity index (χ3v) is 7.11. The zero-order valence-electron chi connectivity index (χ0n) is 20.2. The Morgan fingerprint density at radius 1 is 1.03 bits per heavy atom. The summed E-state index contributed by atoms with van der Waals surface area (Å²) in [6, 6.07) is 15.6. The van der Waals surface area contributed by atoms with Gasteiger partial charge in [0.2, 0.25) is 17.7 Å². The van der Waals surface area contributed by atoms with E-state index in [0.29, 0.717) is 23.8 Å². The number of anilines is 1. The van der Waals surface area contributed by atoms with Crippen LogP contribution in [0.25, 0.3) is 6.08 Å². The summed E-state index contributed by atoms with van der Waals surface area (Å²) in [5.74, 6) is -1.02. The van der Waals surface area contributed by atoms with E-state index in [1.807, 2.05) is 17.5 Å². The van der Waals surface area contributed by atoms with Crippen molar-refractivity contribution in [1.29, 1.82) is 0 Å². The summed E-state index contributed by atoms with van der Waals surface area (Å²) >= 11 is 7.58. The van der Waals surface area contributed by atoms with E-state index in [0.717, 1.165) is 18.7 Å². The van der Waals surface area contributed by atoms with Crippen molar-refractivity contribution in [2.75, 3.05) is 37.6 Å².